The Morgan fingerprint density at radius 2 is 0.756 bits per heavy atom. The lowest BCUT2D eigenvalue weighted by Gasteiger charge is -2.19. The smallest absolute Gasteiger partial charge is 0.136 e. The van der Waals surface area contributed by atoms with Crippen molar-refractivity contribution in [3.05, 3.63) is 169 Å². The molecular weight excluding hydrogens is 544 g/mol. The van der Waals surface area contributed by atoms with E-state index in [4.69, 9.17) is 30.5 Å². The Morgan fingerprint density at radius 3 is 1.36 bits per heavy atom. The molecular formula is C44H28O. The molecule has 9 rings (SSSR count). The molecule has 0 aliphatic heterocycles. The average Bonchev–Trinajstić information content (AvgIpc) is 3.78. The van der Waals surface area contributed by atoms with Gasteiger partial charge in [-0.25, -0.2) is 0 Å². The van der Waals surface area contributed by atoms with Crippen LogP contribution in [0.1, 0.15) is 38.4 Å². The second-order valence-corrected chi connectivity index (χ2v) is 9.51. The number of rotatable bonds is 4. The molecule has 0 aliphatic rings. The Hall–Kier alpha value is -5.92. The SMILES string of the molecule is [2H]c1c([2H])c([2H])c(-c2c([2H])c([2H])c([2H])c([2H])c2-c2c3c([2H])c([2H])c([2H])c([2H])c3c(-c3c([2H])c([2H])c4c(oc5c([2H])c(-c6c([2H])c([2H])c([2H])c([2H])c6[2H])c([2H])c([2H])c54)c3[2H])c3c([2H])c([2H])c([2H])c([2H])c23)c([2H])c1[2H]. The van der Waals surface area contributed by atoms with Crippen LogP contribution in [0.25, 0.3) is 88.0 Å². The third kappa shape index (κ3) is 4.17. The van der Waals surface area contributed by atoms with Crippen molar-refractivity contribution in [2.75, 3.05) is 0 Å². The molecule has 0 atom stereocenters. The van der Waals surface area contributed by atoms with E-state index in [1.165, 1.54) is 0 Å². The van der Waals surface area contributed by atoms with Crippen LogP contribution in [-0.4, -0.2) is 0 Å². The maximum Gasteiger partial charge on any atom is 0.136 e. The first-order valence-electron chi connectivity index (χ1n) is 27.2. The number of fused-ring (bicyclic) bond motifs is 5. The summed E-state index contributed by atoms with van der Waals surface area (Å²) in [7, 11) is 0. The van der Waals surface area contributed by atoms with Crippen LogP contribution >= 0.6 is 0 Å². The summed E-state index contributed by atoms with van der Waals surface area (Å²) in [5.41, 5.74) is -7.57. The van der Waals surface area contributed by atoms with Gasteiger partial charge in [0, 0.05) is 10.8 Å². The van der Waals surface area contributed by atoms with Crippen molar-refractivity contribution >= 4 is 43.5 Å². The minimum Gasteiger partial charge on any atom is -0.456 e. The first kappa shape index (κ1) is 10.1. The summed E-state index contributed by atoms with van der Waals surface area (Å²) < 4.78 is 255. The zero-order valence-corrected chi connectivity index (χ0v) is 22.4. The first-order valence-corrected chi connectivity index (χ1v) is 13.2. The van der Waals surface area contributed by atoms with Crippen LogP contribution in [-0.2, 0) is 0 Å². The fourth-order valence-corrected chi connectivity index (χ4v) is 5.20. The van der Waals surface area contributed by atoms with E-state index in [0.29, 0.717) is 0 Å². The molecule has 8 aromatic carbocycles. The van der Waals surface area contributed by atoms with Gasteiger partial charge in [0.25, 0.3) is 0 Å². The summed E-state index contributed by atoms with van der Waals surface area (Å²) in [6.07, 6.45) is 0. The first-order chi connectivity index (χ1) is 34.0. The third-order valence-electron chi connectivity index (χ3n) is 7.07. The van der Waals surface area contributed by atoms with Gasteiger partial charge in [-0.2, -0.15) is 0 Å². The molecule has 9 aromatic rings. The molecule has 0 saturated heterocycles. The molecule has 0 bridgehead atoms. The van der Waals surface area contributed by atoms with Gasteiger partial charge in [0.15, 0.2) is 0 Å². The van der Waals surface area contributed by atoms with Crippen molar-refractivity contribution in [3.8, 4) is 44.5 Å². The predicted molar refractivity (Wildman–Crippen MR) is 190 cm³/mol. The van der Waals surface area contributed by atoms with Crippen LogP contribution in [0.4, 0.5) is 0 Å². The Morgan fingerprint density at radius 1 is 0.311 bits per heavy atom. The van der Waals surface area contributed by atoms with Gasteiger partial charge in [-0.05, 0) is 90.2 Å². The zero-order valence-electron chi connectivity index (χ0n) is 50.4. The second kappa shape index (κ2) is 10.4. The van der Waals surface area contributed by atoms with Gasteiger partial charge in [0.1, 0.15) is 11.2 Å². The summed E-state index contributed by atoms with van der Waals surface area (Å²) in [5.74, 6) is 0. The Bertz CT molecular complexity index is 3980. The summed E-state index contributed by atoms with van der Waals surface area (Å²) in [5, 5.41) is -4.14. The summed E-state index contributed by atoms with van der Waals surface area (Å²) in [6, 6.07) is -26.7. The van der Waals surface area contributed by atoms with Gasteiger partial charge in [-0.3, -0.25) is 0 Å². The average molecular weight is 601 g/mol. The van der Waals surface area contributed by atoms with Crippen LogP contribution in [0.5, 0.6) is 0 Å². The van der Waals surface area contributed by atoms with E-state index in [1.54, 1.807) is 0 Å². The zero-order chi connectivity index (χ0) is 54.1. The van der Waals surface area contributed by atoms with E-state index in [1.807, 2.05) is 0 Å². The van der Waals surface area contributed by atoms with Crippen LogP contribution < -0.4 is 0 Å². The summed E-state index contributed by atoms with van der Waals surface area (Å²) in [6.45, 7) is 0. The molecule has 1 heteroatoms. The number of benzene rings is 8. The lowest BCUT2D eigenvalue weighted by atomic mass is 9.84. The van der Waals surface area contributed by atoms with Gasteiger partial charge < -0.3 is 4.42 Å². The topological polar surface area (TPSA) is 13.1 Å². The highest BCUT2D eigenvalue weighted by Crippen LogP contribution is 2.46. The van der Waals surface area contributed by atoms with Crippen molar-refractivity contribution < 1.29 is 42.8 Å². The Kier molecular flexibility index (Phi) is 2.32. The van der Waals surface area contributed by atoms with Crippen LogP contribution in [0.3, 0.4) is 0 Å². The van der Waals surface area contributed by atoms with Crippen molar-refractivity contribution in [3.63, 3.8) is 0 Å². The van der Waals surface area contributed by atoms with Gasteiger partial charge in [0.05, 0.1) is 38.4 Å². The fraction of sp³-hybridized carbons (Fsp3) is 0. The summed E-state index contributed by atoms with van der Waals surface area (Å²) in [4.78, 5) is 0. The molecule has 45 heavy (non-hydrogen) atoms. The number of hydrogen-bond acceptors (Lipinski definition) is 1. The van der Waals surface area contributed by atoms with E-state index in [2.05, 4.69) is 0 Å². The third-order valence-corrected chi connectivity index (χ3v) is 7.07. The highest BCUT2D eigenvalue weighted by atomic mass is 16.3. The Labute approximate surface area is 301 Å². The lowest BCUT2D eigenvalue weighted by molar-refractivity contribution is 0.669. The molecule has 0 spiro atoms. The normalized spacial score (nSPS) is 20.3. The molecule has 0 aliphatic carbocycles. The van der Waals surface area contributed by atoms with Crippen LogP contribution in [0, 0.1) is 0 Å². The van der Waals surface area contributed by atoms with Gasteiger partial charge in [0.2, 0.25) is 0 Å². The van der Waals surface area contributed by atoms with Crippen molar-refractivity contribution in [1.29, 1.82) is 0 Å². The number of furan rings is 1. The molecule has 0 saturated carbocycles. The van der Waals surface area contributed by atoms with Gasteiger partial charge in [-0.15, -0.1) is 0 Å². The van der Waals surface area contributed by atoms with E-state index in [0.717, 1.165) is 0 Å². The maximum absolute atomic E-state index is 9.71. The van der Waals surface area contributed by atoms with Crippen LogP contribution in [0.15, 0.2) is 174 Å². The van der Waals surface area contributed by atoms with E-state index in [9.17, 15) is 12.3 Å². The molecule has 0 radical (unpaired) electrons. The molecule has 0 amide bonds. The fourth-order valence-electron chi connectivity index (χ4n) is 5.20. The van der Waals surface area contributed by atoms with Crippen molar-refractivity contribution in [2.24, 2.45) is 0 Å². The minimum atomic E-state index is -1.06. The molecule has 0 unspecified atom stereocenters. The molecule has 0 N–H and O–H groups in total. The molecule has 210 valence electrons. The lowest BCUT2D eigenvalue weighted by Crippen LogP contribution is -1.92. The van der Waals surface area contributed by atoms with Crippen LogP contribution in [0.2, 0.25) is 0 Å². The van der Waals surface area contributed by atoms with E-state index < -0.39 is 257 Å². The van der Waals surface area contributed by atoms with Gasteiger partial charge in [-0.1, -0.05) is 145 Å². The molecule has 1 heterocycles. The summed E-state index contributed by atoms with van der Waals surface area (Å²) >= 11 is 0. The van der Waals surface area contributed by atoms with Crippen molar-refractivity contribution in [2.45, 2.75) is 0 Å². The van der Waals surface area contributed by atoms with Gasteiger partial charge >= 0.3 is 0 Å². The second-order valence-electron chi connectivity index (χ2n) is 9.51. The maximum atomic E-state index is 9.71. The Balaban J connectivity index is 1.57. The molecule has 1 aromatic heterocycles. The van der Waals surface area contributed by atoms with Crippen molar-refractivity contribution in [1.82, 2.24) is 0 Å². The van der Waals surface area contributed by atoms with E-state index in [-0.39, 0.29) is 0 Å². The minimum absolute atomic E-state index is 0.507. The molecule has 1 nitrogen and oxygen atoms in total. The predicted octanol–water partition coefficient (Wildman–Crippen LogP) is 12.6. The van der Waals surface area contributed by atoms with E-state index >= 15 is 0 Å². The monoisotopic (exact) mass is 600 g/mol. The standard InChI is InChI=1S/C44H28O/c1-3-13-29(14-4-1)31-23-25-34-35-26-24-32(28-42(35)45-41(34)27-31)43-37-19-9-11-21-39(37)44(40-22-12-10-20-38(40)43)36-18-8-7-17-33(36)30-15-5-2-6-16-30/h1-28H/i1D,2D,3D,4D,5D,6D,7D,8D,9D,10D,11D,12D,13D,14D,15D,16D,17D,18D,19D,20D,21D,22D,23D,24D,25D,26D,27D,28D. The molecule has 0 fully saturated rings. The highest BCUT2D eigenvalue weighted by molar-refractivity contribution is 6.23. The number of hydrogen-bond donors (Lipinski definition) is 0. The largest absolute Gasteiger partial charge is 0.456 e. The highest BCUT2D eigenvalue weighted by Gasteiger charge is 2.19. The quantitative estimate of drug-likeness (QED) is 0.183.